The fourth-order valence-corrected chi connectivity index (χ4v) is 2.62. The lowest BCUT2D eigenvalue weighted by Crippen LogP contribution is -2.22. The Labute approximate surface area is 91.7 Å². The Kier molecular flexibility index (Phi) is 5.38. The predicted molar refractivity (Wildman–Crippen MR) is 66.0 cm³/mol. The van der Waals surface area contributed by atoms with Gasteiger partial charge in [-0.25, -0.2) is 0 Å². The summed E-state index contributed by atoms with van der Waals surface area (Å²) in [5, 5.41) is 0. The average molecular weight is 214 g/mol. The largest absolute Gasteiger partial charge is 0.387 e. The van der Waals surface area contributed by atoms with Crippen molar-refractivity contribution in [2.45, 2.75) is 32.6 Å². The van der Waals surface area contributed by atoms with Crippen LogP contribution in [-0.4, -0.2) is 24.4 Å². The molecule has 3 heteroatoms. The van der Waals surface area contributed by atoms with Gasteiger partial charge in [0.1, 0.15) is 0 Å². The van der Waals surface area contributed by atoms with Crippen molar-refractivity contribution in [3.63, 3.8) is 0 Å². The highest BCUT2D eigenvalue weighted by atomic mass is 32.2. The minimum Gasteiger partial charge on any atom is -0.387 e. The van der Waals surface area contributed by atoms with Gasteiger partial charge in [0.25, 0.3) is 0 Å². The molecular weight excluding hydrogens is 192 g/mol. The molecule has 0 radical (unpaired) electrons. The first kappa shape index (κ1) is 11.9. The first-order chi connectivity index (χ1) is 6.74. The molecule has 0 aromatic rings. The summed E-state index contributed by atoms with van der Waals surface area (Å²) in [6, 6.07) is 0. The molecule has 2 nitrogen and oxygen atoms in total. The van der Waals surface area contributed by atoms with Gasteiger partial charge >= 0.3 is 0 Å². The quantitative estimate of drug-likeness (QED) is 0.564. The van der Waals surface area contributed by atoms with Gasteiger partial charge in [-0.05, 0) is 30.8 Å². The Hall–Kier alpha value is -0.180. The molecule has 0 aromatic carbocycles. The van der Waals surface area contributed by atoms with Gasteiger partial charge in [-0.2, -0.15) is 11.8 Å². The van der Waals surface area contributed by atoms with Crippen molar-refractivity contribution in [1.29, 1.82) is 0 Å². The van der Waals surface area contributed by atoms with Crippen molar-refractivity contribution in [2.24, 2.45) is 22.6 Å². The summed E-state index contributed by atoms with van der Waals surface area (Å²) in [4.78, 5) is 4.51. The molecule has 1 rings (SSSR count). The van der Waals surface area contributed by atoms with Crippen LogP contribution in [0.4, 0.5) is 0 Å². The number of aliphatic imine (C=N–C) groups is 1. The summed E-state index contributed by atoms with van der Waals surface area (Å²) in [5.74, 6) is 3.35. The van der Waals surface area contributed by atoms with E-state index >= 15 is 0 Å². The predicted octanol–water partition coefficient (Wildman–Crippen LogP) is 2.53. The molecule has 14 heavy (non-hydrogen) atoms. The van der Waals surface area contributed by atoms with Gasteiger partial charge in [-0.1, -0.05) is 19.8 Å². The maximum absolute atomic E-state index is 5.97. The zero-order chi connectivity index (χ0) is 10.4. The Morgan fingerprint density at radius 3 is 2.71 bits per heavy atom. The van der Waals surface area contributed by atoms with Crippen LogP contribution in [0.2, 0.25) is 0 Å². The summed E-state index contributed by atoms with van der Waals surface area (Å²) in [5.41, 5.74) is 5.97. The zero-order valence-electron chi connectivity index (χ0n) is 9.33. The van der Waals surface area contributed by atoms with Crippen molar-refractivity contribution in [1.82, 2.24) is 0 Å². The standard InChI is InChI=1S/C11H22N2S/c1-9(8-14-2)7-13-11(12)10-5-3-4-6-10/h9-10H,3-8H2,1-2H3,(H2,12,13). The molecule has 1 aliphatic rings. The van der Waals surface area contributed by atoms with Crippen molar-refractivity contribution in [3.8, 4) is 0 Å². The summed E-state index contributed by atoms with van der Waals surface area (Å²) >= 11 is 1.88. The van der Waals surface area contributed by atoms with E-state index in [-0.39, 0.29) is 0 Å². The van der Waals surface area contributed by atoms with E-state index in [4.69, 9.17) is 5.73 Å². The Bertz CT molecular complexity index is 186. The van der Waals surface area contributed by atoms with Crippen LogP contribution in [0, 0.1) is 11.8 Å². The Morgan fingerprint density at radius 1 is 1.50 bits per heavy atom. The molecule has 1 saturated carbocycles. The van der Waals surface area contributed by atoms with Gasteiger partial charge < -0.3 is 5.73 Å². The van der Waals surface area contributed by atoms with Crippen LogP contribution < -0.4 is 5.73 Å². The topological polar surface area (TPSA) is 38.4 Å². The minimum absolute atomic E-state index is 0.594. The molecule has 0 aromatic heterocycles. The zero-order valence-corrected chi connectivity index (χ0v) is 10.1. The highest BCUT2D eigenvalue weighted by molar-refractivity contribution is 7.98. The van der Waals surface area contributed by atoms with E-state index in [2.05, 4.69) is 18.2 Å². The van der Waals surface area contributed by atoms with Gasteiger partial charge in [0.05, 0.1) is 5.84 Å². The molecule has 0 saturated heterocycles. The SMILES string of the molecule is CSCC(C)CN=C(N)C1CCCC1. The molecule has 0 spiro atoms. The van der Waals surface area contributed by atoms with Gasteiger partial charge in [0.2, 0.25) is 0 Å². The maximum atomic E-state index is 5.97. The molecular formula is C11H22N2S. The normalized spacial score (nSPS) is 21.4. The van der Waals surface area contributed by atoms with Crippen LogP contribution in [0.1, 0.15) is 32.6 Å². The second-order valence-corrected chi connectivity index (χ2v) is 5.22. The van der Waals surface area contributed by atoms with E-state index in [0.29, 0.717) is 11.8 Å². The number of rotatable bonds is 5. The summed E-state index contributed by atoms with van der Waals surface area (Å²) in [6.07, 6.45) is 7.32. The molecule has 0 amide bonds. The molecule has 0 bridgehead atoms. The number of amidine groups is 1. The lowest BCUT2D eigenvalue weighted by atomic mass is 10.1. The first-order valence-corrected chi connectivity index (χ1v) is 6.92. The van der Waals surface area contributed by atoms with E-state index in [1.807, 2.05) is 11.8 Å². The van der Waals surface area contributed by atoms with Crippen molar-refractivity contribution < 1.29 is 0 Å². The van der Waals surface area contributed by atoms with E-state index in [9.17, 15) is 0 Å². The Balaban J connectivity index is 2.27. The molecule has 82 valence electrons. The van der Waals surface area contributed by atoms with E-state index in [1.54, 1.807) is 0 Å². The van der Waals surface area contributed by atoms with Crippen molar-refractivity contribution in [2.75, 3.05) is 18.6 Å². The fraction of sp³-hybridized carbons (Fsp3) is 0.909. The van der Waals surface area contributed by atoms with E-state index in [1.165, 1.54) is 31.4 Å². The monoisotopic (exact) mass is 214 g/mol. The number of hydrogen-bond acceptors (Lipinski definition) is 2. The average Bonchev–Trinajstić information content (AvgIpc) is 2.67. The fourth-order valence-electron chi connectivity index (χ4n) is 1.95. The third-order valence-electron chi connectivity index (χ3n) is 2.81. The number of hydrogen-bond donors (Lipinski definition) is 1. The number of nitrogens with zero attached hydrogens (tertiary/aromatic N) is 1. The lowest BCUT2D eigenvalue weighted by Gasteiger charge is -2.10. The van der Waals surface area contributed by atoms with Gasteiger partial charge in [0.15, 0.2) is 0 Å². The maximum Gasteiger partial charge on any atom is 0.0968 e. The van der Waals surface area contributed by atoms with Crippen LogP contribution in [0.15, 0.2) is 4.99 Å². The van der Waals surface area contributed by atoms with Gasteiger partial charge in [-0.15, -0.1) is 0 Å². The van der Waals surface area contributed by atoms with Gasteiger partial charge in [0, 0.05) is 12.5 Å². The summed E-state index contributed by atoms with van der Waals surface area (Å²) < 4.78 is 0. The molecule has 1 atom stereocenters. The van der Waals surface area contributed by atoms with Crippen molar-refractivity contribution in [3.05, 3.63) is 0 Å². The molecule has 0 aliphatic heterocycles. The lowest BCUT2D eigenvalue weighted by molar-refractivity contribution is 0.659. The third-order valence-corrected chi connectivity index (χ3v) is 3.71. The summed E-state index contributed by atoms with van der Waals surface area (Å²) in [6.45, 7) is 3.14. The Morgan fingerprint density at radius 2 is 2.14 bits per heavy atom. The molecule has 1 aliphatic carbocycles. The molecule has 0 heterocycles. The highest BCUT2D eigenvalue weighted by Crippen LogP contribution is 2.24. The highest BCUT2D eigenvalue weighted by Gasteiger charge is 2.18. The minimum atomic E-state index is 0.594. The van der Waals surface area contributed by atoms with E-state index in [0.717, 1.165) is 12.4 Å². The second kappa shape index (κ2) is 6.33. The smallest absolute Gasteiger partial charge is 0.0968 e. The van der Waals surface area contributed by atoms with Gasteiger partial charge in [-0.3, -0.25) is 4.99 Å². The van der Waals surface area contributed by atoms with Crippen LogP contribution in [0.3, 0.4) is 0 Å². The molecule has 2 N–H and O–H groups in total. The number of nitrogens with two attached hydrogens (primary N) is 1. The van der Waals surface area contributed by atoms with Crippen LogP contribution in [-0.2, 0) is 0 Å². The molecule has 1 fully saturated rings. The summed E-state index contributed by atoms with van der Waals surface area (Å²) in [7, 11) is 0. The number of thioether (sulfide) groups is 1. The van der Waals surface area contributed by atoms with E-state index < -0.39 is 0 Å². The third kappa shape index (κ3) is 3.91. The van der Waals surface area contributed by atoms with Crippen LogP contribution >= 0.6 is 11.8 Å². The molecule has 1 unspecified atom stereocenters. The second-order valence-electron chi connectivity index (χ2n) is 4.31. The first-order valence-electron chi connectivity index (χ1n) is 5.52. The van der Waals surface area contributed by atoms with Crippen LogP contribution in [0.25, 0.3) is 0 Å². The van der Waals surface area contributed by atoms with Crippen molar-refractivity contribution >= 4 is 17.6 Å². The van der Waals surface area contributed by atoms with Crippen LogP contribution in [0.5, 0.6) is 0 Å².